The van der Waals surface area contributed by atoms with E-state index in [1.807, 2.05) is 54.6 Å². The Balaban J connectivity index is 1.28. The molecule has 1 aliphatic rings. The number of rotatable bonds is 8. The largest absolute Gasteiger partial charge is 0.457 e. The summed E-state index contributed by atoms with van der Waals surface area (Å²) in [5.41, 5.74) is 7.21. The van der Waals surface area contributed by atoms with Crippen LogP contribution in [0.15, 0.2) is 77.2 Å². The number of ether oxygens (including phenoxy) is 1. The van der Waals surface area contributed by atoms with Crippen LogP contribution in [-0.4, -0.2) is 11.0 Å². The summed E-state index contributed by atoms with van der Waals surface area (Å²) < 4.78 is 12.1. The van der Waals surface area contributed by atoms with E-state index in [0.717, 1.165) is 11.3 Å². The smallest absolute Gasteiger partial charge is 0.287 e. The highest BCUT2D eigenvalue weighted by Gasteiger charge is 2.37. The maximum atomic E-state index is 13.0. The molecule has 40 heavy (non-hydrogen) atoms. The molecule has 4 aromatic rings. The van der Waals surface area contributed by atoms with E-state index in [0.29, 0.717) is 23.5 Å². The molecule has 3 aromatic carbocycles. The van der Waals surface area contributed by atoms with Gasteiger partial charge in [-0.05, 0) is 77.1 Å². The van der Waals surface area contributed by atoms with E-state index < -0.39 is 0 Å². The average Bonchev–Trinajstić information content (AvgIpc) is 3.40. The number of amides is 1. The lowest BCUT2D eigenvalue weighted by Crippen LogP contribution is -2.34. The molecule has 0 unspecified atom stereocenters. The highest BCUT2D eigenvalue weighted by atomic mass is 16.5. The van der Waals surface area contributed by atoms with Crippen molar-refractivity contribution in [3.63, 3.8) is 0 Å². The standard InChI is InChI=1S/C35H39NO4/c1-23-18-28-29(35(4,5)17-16-34(28,2)3)20-26(23)19-27-14-15-32(39-27)33(38)36-21-24-10-6-8-12-30(24)40-31-13-9-7-11-25(31)22-37/h6-15,18,20,37H,16-17,19,21-22H2,1-5H3,(H,36,38). The third-order valence-electron chi connectivity index (χ3n) is 8.33. The molecular formula is C35H39NO4. The van der Waals surface area contributed by atoms with Crippen LogP contribution >= 0.6 is 0 Å². The molecule has 5 nitrogen and oxygen atoms in total. The Morgan fingerprint density at radius 3 is 2.12 bits per heavy atom. The van der Waals surface area contributed by atoms with E-state index in [9.17, 15) is 9.90 Å². The molecule has 0 spiro atoms. The van der Waals surface area contributed by atoms with E-state index in [2.05, 4.69) is 52.1 Å². The number of aryl methyl sites for hydroxylation is 1. The van der Waals surface area contributed by atoms with Gasteiger partial charge >= 0.3 is 0 Å². The van der Waals surface area contributed by atoms with Gasteiger partial charge in [0.15, 0.2) is 5.76 Å². The zero-order valence-electron chi connectivity index (χ0n) is 24.1. The number of aliphatic hydroxyl groups is 1. The topological polar surface area (TPSA) is 71.7 Å². The Bertz CT molecular complexity index is 1530. The van der Waals surface area contributed by atoms with Crippen LogP contribution < -0.4 is 10.1 Å². The molecular weight excluding hydrogens is 498 g/mol. The molecule has 1 aliphatic carbocycles. The van der Waals surface area contributed by atoms with Crippen LogP contribution in [0.2, 0.25) is 0 Å². The van der Waals surface area contributed by atoms with Crippen molar-refractivity contribution in [3.05, 3.63) is 118 Å². The van der Waals surface area contributed by atoms with Gasteiger partial charge in [0.05, 0.1) is 6.61 Å². The zero-order chi connectivity index (χ0) is 28.5. The fourth-order valence-corrected chi connectivity index (χ4v) is 5.60. The normalized spacial score (nSPS) is 15.3. The number of hydrogen-bond donors (Lipinski definition) is 2. The number of hydrogen-bond acceptors (Lipinski definition) is 4. The molecule has 0 atom stereocenters. The second kappa shape index (κ2) is 11.0. The van der Waals surface area contributed by atoms with E-state index in [-0.39, 0.29) is 35.6 Å². The maximum Gasteiger partial charge on any atom is 0.287 e. The number of carbonyl (C=O) groups is 1. The van der Waals surface area contributed by atoms with Gasteiger partial charge in [-0.2, -0.15) is 0 Å². The zero-order valence-corrected chi connectivity index (χ0v) is 24.1. The van der Waals surface area contributed by atoms with Crippen LogP contribution in [0.5, 0.6) is 11.5 Å². The molecule has 1 heterocycles. The summed E-state index contributed by atoms with van der Waals surface area (Å²) in [6, 6.07) is 23.3. The summed E-state index contributed by atoms with van der Waals surface area (Å²) in [6.07, 6.45) is 3.00. The SMILES string of the molecule is Cc1cc2c(cc1Cc1ccc(C(=O)NCc3ccccc3Oc3ccccc3CO)o1)C(C)(C)CCC2(C)C. The fourth-order valence-electron chi connectivity index (χ4n) is 5.60. The summed E-state index contributed by atoms with van der Waals surface area (Å²) in [5, 5.41) is 12.6. The van der Waals surface area contributed by atoms with Gasteiger partial charge in [0.25, 0.3) is 5.91 Å². The van der Waals surface area contributed by atoms with Crippen LogP contribution in [0.1, 0.15) is 90.2 Å². The van der Waals surface area contributed by atoms with Gasteiger partial charge in [-0.3, -0.25) is 4.79 Å². The predicted molar refractivity (Wildman–Crippen MR) is 158 cm³/mol. The van der Waals surface area contributed by atoms with E-state index >= 15 is 0 Å². The van der Waals surface area contributed by atoms with Gasteiger partial charge in [-0.25, -0.2) is 0 Å². The van der Waals surface area contributed by atoms with Crippen molar-refractivity contribution in [1.82, 2.24) is 5.32 Å². The summed E-state index contributed by atoms with van der Waals surface area (Å²) in [4.78, 5) is 13.0. The molecule has 1 amide bonds. The van der Waals surface area contributed by atoms with Crippen LogP contribution in [0.4, 0.5) is 0 Å². The maximum absolute atomic E-state index is 13.0. The summed E-state index contributed by atoms with van der Waals surface area (Å²) in [7, 11) is 0. The number of furan rings is 1. The van der Waals surface area contributed by atoms with E-state index in [1.54, 1.807) is 6.07 Å². The monoisotopic (exact) mass is 537 g/mol. The lowest BCUT2D eigenvalue weighted by molar-refractivity contribution is 0.0921. The van der Waals surface area contributed by atoms with Crippen molar-refractivity contribution >= 4 is 5.91 Å². The van der Waals surface area contributed by atoms with Crippen LogP contribution in [-0.2, 0) is 30.4 Å². The first kappa shape index (κ1) is 27.7. The number of aliphatic hydroxyl groups excluding tert-OH is 1. The second-order valence-corrected chi connectivity index (χ2v) is 12.2. The molecule has 0 saturated carbocycles. The summed E-state index contributed by atoms with van der Waals surface area (Å²) >= 11 is 0. The Hall–Kier alpha value is -3.83. The third-order valence-corrected chi connectivity index (χ3v) is 8.33. The van der Waals surface area contributed by atoms with Crippen molar-refractivity contribution in [2.75, 3.05) is 0 Å². The van der Waals surface area contributed by atoms with Crippen LogP contribution in [0.25, 0.3) is 0 Å². The number of benzene rings is 3. The highest BCUT2D eigenvalue weighted by Crippen LogP contribution is 2.46. The van der Waals surface area contributed by atoms with Gasteiger partial charge in [-0.1, -0.05) is 76.2 Å². The molecule has 5 heteroatoms. The fraction of sp³-hybridized carbons (Fsp3) is 0.343. The van der Waals surface area contributed by atoms with Gasteiger partial charge in [0, 0.05) is 24.1 Å². The summed E-state index contributed by atoms with van der Waals surface area (Å²) in [6.45, 7) is 11.7. The molecule has 2 N–H and O–H groups in total. The van der Waals surface area contributed by atoms with Gasteiger partial charge in [-0.15, -0.1) is 0 Å². The van der Waals surface area contributed by atoms with Gasteiger partial charge < -0.3 is 19.6 Å². The molecule has 1 aromatic heterocycles. The quantitative estimate of drug-likeness (QED) is 0.241. The van der Waals surface area contributed by atoms with Crippen molar-refractivity contribution < 1.29 is 19.1 Å². The number of fused-ring (bicyclic) bond motifs is 1. The Morgan fingerprint density at radius 2 is 1.45 bits per heavy atom. The molecule has 0 radical (unpaired) electrons. The Labute approximate surface area is 237 Å². The average molecular weight is 538 g/mol. The number of para-hydroxylation sites is 2. The lowest BCUT2D eigenvalue weighted by Gasteiger charge is -2.42. The first-order valence-corrected chi connectivity index (χ1v) is 14.0. The number of nitrogens with one attached hydrogen (secondary N) is 1. The molecule has 0 saturated heterocycles. The molecule has 5 rings (SSSR count). The van der Waals surface area contributed by atoms with Gasteiger partial charge in [0.2, 0.25) is 0 Å². The van der Waals surface area contributed by atoms with E-state index in [1.165, 1.54) is 35.1 Å². The molecule has 0 fully saturated rings. The van der Waals surface area contributed by atoms with Crippen molar-refractivity contribution in [2.45, 2.75) is 77.9 Å². The minimum absolute atomic E-state index is 0.114. The van der Waals surface area contributed by atoms with Crippen LogP contribution in [0.3, 0.4) is 0 Å². The van der Waals surface area contributed by atoms with Crippen LogP contribution in [0, 0.1) is 6.92 Å². The van der Waals surface area contributed by atoms with Crippen molar-refractivity contribution in [2.24, 2.45) is 0 Å². The van der Waals surface area contributed by atoms with Gasteiger partial charge in [0.1, 0.15) is 17.3 Å². The first-order chi connectivity index (χ1) is 19.1. The Morgan fingerprint density at radius 1 is 0.850 bits per heavy atom. The second-order valence-electron chi connectivity index (χ2n) is 12.2. The third kappa shape index (κ3) is 5.71. The lowest BCUT2D eigenvalue weighted by atomic mass is 9.62. The summed E-state index contributed by atoms with van der Waals surface area (Å²) in [5.74, 6) is 1.99. The van der Waals surface area contributed by atoms with E-state index in [4.69, 9.17) is 9.15 Å². The molecule has 0 aliphatic heterocycles. The Kier molecular flexibility index (Phi) is 7.61. The number of carbonyl (C=O) groups excluding carboxylic acids is 1. The molecule has 208 valence electrons. The predicted octanol–water partition coefficient (Wildman–Crippen LogP) is 7.74. The van der Waals surface area contributed by atoms with Crippen molar-refractivity contribution in [3.8, 4) is 11.5 Å². The minimum atomic E-state index is -0.276. The minimum Gasteiger partial charge on any atom is -0.457 e. The highest BCUT2D eigenvalue weighted by molar-refractivity contribution is 5.91. The molecule has 0 bridgehead atoms. The first-order valence-electron chi connectivity index (χ1n) is 14.0. The van der Waals surface area contributed by atoms with Crippen molar-refractivity contribution in [1.29, 1.82) is 0 Å².